The minimum absolute atomic E-state index is 0.114. The van der Waals surface area contributed by atoms with Crippen molar-refractivity contribution in [3.8, 4) is 0 Å². The lowest BCUT2D eigenvalue weighted by Gasteiger charge is -2.13. The molecule has 0 amide bonds. The molecule has 1 heterocycles. The first-order valence-corrected chi connectivity index (χ1v) is 5.80. The van der Waals surface area contributed by atoms with E-state index in [0.717, 1.165) is 12.5 Å². The Morgan fingerprint density at radius 3 is 2.94 bits per heavy atom. The Morgan fingerprint density at radius 2 is 2.41 bits per heavy atom. The normalized spacial score (nSPS) is 16.5. The summed E-state index contributed by atoms with van der Waals surface area (Å²) in [7, 11) is 0. The number of rotatable bonds is 5. The molecule has 1 aromatic heterocycles. The van der Waals surface area contributed by atoms with Crippen LogP contribution < -0.4 is 11.1 Å². The lowest BCUT2D eigenvalue weighted by atomic mass is 10.1. The maximum absolute atomic E-state index is 10.7. The van der Waals surface area contributed by atoms with E-state index >= 15 is 0 Å². The van der Waals surface area contributed by atoms with Gasteiger partial charge in [-0.05, 0) is 30.7 Å². The zero-order chi connectivity index (χ0) is 12.4. The van der Waals surface area contributed by atoms with Gasteiger partial charge in [0, 0.05) is 12.7 Å². The average molecular weight is 235 g/mol. The van der Waals surface area contributed by atoms with Crippen molar-refractivity contribution in [3.63, 3.8) is 0 Å². The van der Waals surface area contributed by atoms with Crippen molar-refractivity contribution in [3.05, 3.63) is 17.8 Å². The summed E-state index contributed by atoms with van der Waals surface area (Å²) in [6, 6.07) is 1.43. The molecule has 1 aliphatic rings. The summed E-state index contributed by atoms with van der Waals surface area (Å²) in [5.74, 6) is 0.988. The summed E-state index contributed by atoms with van der Waals surface area (Å²) in [5, 5.41) is 12.0. The van der Waals surface area contributed by atoms with Crippen molar-refractivity contribution in [2.24, 2.45) is 11.8 Å². The van der Waals surface area contributed by atoms with Gasteiger partial charge in [-0.2, -0.15) is 0 Å². The topological polar surface area (TPSA) is 88.2 Å². The number of carboxylic acid groups (broad SMARTS) is 1. The molecule has 92 valence electrons. The molecule has 1 fully saturated rings. The Labute approximate surface area is 100 Å². The lowest BCUT2D eigenvalue weighted by molar-refractivity contribution is 0.0696. The number of anilines is 2. The maximum atomic E-state index is 10.7. The van der Waals surface area contributed by atoms with Crippen LogP contribution in [0.3, 0.4) is 0 Å². The number of carboxylic acids is 1. The van der Waals surface area contributed by atoms with E-state index < -0.39 is 5.97 Å². The number of hydrogen-bond acceptors (Lipinski definition) is 4. The molecule has 5 heteroatoms. The van der Waals surface area contributed by atoms with Crippen molar-refractivity contribution in [1.29, 1.82) is 0 Å². The number of aromatic carboxylic acids is 1. The smallest absolute Gasteiger partial charge is 0.337 e. The fraction of sp³-hybridized carbons (Fsp3) is 0.500. The van der Waals surface area contributed by atoms with Gasteiger partial charge in [0.1, 0.15) is 5.82 Å². The van der Waals surface area contributed by atoms with E-state index in [9.17, 15) is 4.79 Å². The van der Waals surface area contributed by atoms with Gasteiger partial charge in [0.2, 0.25) is 0 Å². The monoisotopic (exact) mass is 235 g/mol. The third-order valence-corrected chi connectivity index (χ3v) is 3.18. The molecule has 17 heavy (non-hydrogen) atoms. The van der Waals surface area contributed by atoms with Gasteiger partial charge in [-0.3, -0.25) is 0 Å². The van der Waals surface area contributed by atoms with Crippen LogP contribution in [0, 0.1) is 11.8 Å². The second-order valence-corrected chi connectivity index (χ2v) is 4.66. The Hall–Kier alpha value is -1.78. The molecule has 5 nitrogen and oxygen atoms in total. The highest BCUT2D eigenvalue weighted by Crippen LogP contribution is 2.36. The van der Waals surface area contributed by atoms with Crippen LogP contribution in [0.2, 0.25) is 0 Å². The van der Waals surface area contributed by atoms with Crippen LogP contribution in [-0.2, 0) is 0 Å². The number of nitrogens with two attached hydrogens (primary N) is 1. The number of hydrogen-bond donors (Lipinski definition) is 3. The van der Waals surface area contributed by atoms with E-state index in [-0.39, 0.29) is 5.56 Å². The fourth-order valence-electron chi connectivity index (χ4n) is 1.84. The summed E-state index contributed by atoms with van der Waals surface area (Å²) >= 11 is 0. The number of nitrogens with one attached hydrogen (secondary N) is 1. The van der Waals surface area contributed by atoms with Gasteiger partial charge in [0.25, 0.3) is 0 Å². The van der Waals surface area contributed by atoms with E-state index in [2.05, 4.69) is 17.2 Å². The molecule has 0 aliphatic heterocycles. The van der Waals surface area contributed by atoms with E-state index in [1.165, 1.54) is 25.1 Å². The first-order valence-electron chi connectivity index (χ1n) is 5.80. The molecule has 0 radical (unpaired) electrons. The highest BCUT2D eigenvalue weighted by molar-refractivity contribution is 5.89. The third kappa shape index (κ3) is 2.87. The number of aromatic nitrogens is 1. The molecular formula is C12H17N3O2. The maximum Gasteiger partial charge on any atom is 0.337 e. The minimum Gasteiger partial charge on any atom is -0.478 e. The summed E-state index contributed by atoms with van der Waals surface area (Å²) < 4.78 is 0. The second kappa shape index (κ2) is 4.61. The second-order valence-electron chi connectivity index (χ2n) is 4.66. The van der Waals surface area contributed by atoms with Crippen LogP contribution in [0.15, 0.2) is 12.3 Å². The number of pyridine rings is 1. The van der Waals surface area contributed by atoms with Crippen LogP contribution in [0.1, 0.15) is 30.1 Å². The van der Waals surface area contributed by atoms with E-state index in [1.807, 2.05) is 0 Å². The summed E-state index contributed by atoms with van der Waals surface area (Å²) in [6.45, 7) is 3.03. The Morgan fingerprint density at radius 1 is 1.71 bits per heavy atom. The molecule has 0 saturated heterocycles. The molecule has 0 bridgehead atoms. The number of nitrogen functional groups attached to an aromatic ring is 1. The van der Waals surface area contributed by atoms with Crippen LogP contribution in [0.5, 0.6) is 0 Å². The van der Waals surface area contributed by atoms with Gasteiger partial charge in [-0.25, -0.2) is 9.78 Å². The predicted octanol–water partition coefficient (Wildman–Crippen LogP) is 1.82. The summed E-state index contributed by atoms with van der Waals surface area (Å²) in [6.07, 6.45) is 3.94. The van der Waals surface area contributed by atoms with Crippen molar-refractivity contribution in [2.75, 3.05) is 17.6 Å². The minimum atomic E-state index is -1.01. The molecule has 1 unspecified atom stereocenters. The van der Waals surface area contributed by atoms with Crippen molar-refractivity contribution in [2.45, 2.75) is 19.8 Å². The summed E-state index contributed by atoms with van der Waals surface area (Å²) in [4.78, 5) is 14.7. The summed E-state index contributed by atoms with van der Waals surface area (Å²) in [5.41, 5.74) is 6.25. The zero-order valence-electron chi connectivity index (χ0n) is 9.81. The Kier molecular flexibility index (Phi) is 3.17. The van der Waals surface area contributed by atoms with Crippen LogP contribution >= 0.6 is 0 Å². The third-order valence-electron chi connectivity index (χ3n) is 3.18. The lowest BCUT2D eigenvalue weighted by Crippen LogP contribution is -2.15. The van der Waals surface area contributed by atoms with E-state index in [1.54, 1.807) is 0 Å². The SMILES string of the molecule is CC(CNc1ncc(C(=O)O)cc1N)C1CC1. The van der Waals surface area contributed by atoms with Crippen molar-refractivity contribution in [1.82, 2.24) is 4.98 Å². The Bertz CT molecular complexity index is 430. The molecule has 1 atom stereocenters. The van der Waals surface area contributed by atoms with Gasteiger partial charge in [-0.1, -0.05) is 6.92 Å². The highest BCUT2D eigenvalue weighted by atomic mass is 16.4. The zero-order valence-corrected chi connectivity index (χ0v) is 9.81. The number of carbonyl (C=O) groups is 1. The molecule has 0 aromatic carbocycles. The van der Waals surface area contributed by atoms with Gasteiger partial charge in [-0.15, -0.1) is 0 Å². The molecular weight excluding hydrogens is 218 g/mol. The number of nitrogens with zero attached hydrogens (tertiary/aromatic N) is 1. The van der Waals surface area contributed by atoms with Gasteiger partial charge < -0.3 is 16.2 Å². The Balaban J connectivity index is 1.98. The van der Waals surface area contributed by atoms with Crippen molar-refractivity contribution < 1.29 is 9.90 Å². The molecule has 1 saturated carbocycles. The first-order chi connectivity index (χ1) is 8.08. The van der Waals surface area contributed by atoms with Gasteiger partial charge in [0.15, 0.2) is 0 Å². The molecule has 4 N–H and O–H groups in total. The van der Waals surface area contributed by atoms with Gasteiger partial charge >= 0.3 is 5.97 Å². The van der Waals surface area contributed by atoms with Gasteiger partial charge in [0.05, 0.1) is 11.3 Å². The molecule has 1 aliphatic carbocycles. The van der Waals surface area contributed by atoms with E-state index in [0.29, 0.717) is 17.4 Å². The average Bonchev–Trinajstić information content (AvgIpc) is 3.10. The van der Waals surface area contributed by atoms with Crippen LogP contribution in [0.25, 0.3) is 0 Å². The fourth-order valence-corrected chi connectivity index (χ4v) is 1.84. The van der Waals surface area contributed by atoms with Crippen molar-refractivity contribution >= 4 is 17.5 Å². The molecule has 1 aromatic rings. The molecule has 2 rings (SSSR count). The highest BCUT2D eigenvalue weighted by Gasteiger charge is 2.27. The first kappa shape index (κ1) is 11.7. The largest absolute Gasteiger partial charge is 0.478 e. The van der Waals surface area contributed by atoms with Crippen LogP contribution in [-0.4, -0.2) is 22.6 Å². The van der Waals surface area contributed by atoms with E-state index in [4.69, 9.17) is 10.8 Å². The predicted molar refractivity (Wildman–Crippen MR) is 66.0 cm³/mol. The molecule has 0 spiro atoms. The van der Waals surface area contributed by atoms with Crippen LogP contribution in [0.4, 0.5) is 11.5 Å². The standard InChI is InChI=1S/C12H17N3O2/c1-7(8-2-3-8)5-14-11-10(13)4-9(6-15-11)12(16)17/h4,6-8H,2-3,5,13H2,1H3,(H,14,15)(H,16,17). The quantitative estimate of drug-likeness (QED) is 0.724.